The molecule has 1 aromatic carbocycles. The first-order valence-corrected chi connectivity index (χ1v) is 10.7. The molecule has 1 saturated heterocycles. The molecule has 32 heavy (non-hydrogen) atoms. The minimum Gasteiger partial charge on any atom is -0.351 e. The van der Waals surface area contributed by atoms with Gasteiger partial charge in [0.15, 0.2) is 0 Å². The molecule has 1 aliphatic rings. The van der Waals surface area contributed by atoms with Crippen molar-refractivity contribution in [3.8, 4) is 0 Å². The number of carbonyl (C=O) groups is 2. The summed E-state index contributed by atoms with van der Waals surface area (Å²) in [6.45, 7) is 5.36. The zero-order valence-corrected chi connectivity index (χ0v) is 18.0. The number of benzene rings is 1. The van der Waals surface area contributed by atoms with Crippen LogP contribution in [0, 0.1) is 5.82 Å². The van der Waals surface area contributed by atoms with Crippen molar-refractivity contribution < 1.29 is 23.0 Å². The molecule has 4 rings (SSSR count). The summed E-state index contributed by atoms with van der Waals surface area (Å²) in [4.78, 5) is 26.8. The molecule has 1 aliphatic heterocycles. The highest BCUT2D eigenvalue weighted by molar-refractivity contribution is 5.92. The van der Waals surface area contributed by atoms with Crippen molar-refractivity contribution >= 4 is 11.8 Å². The second-order valence-corrected chi connectivity index (χ2v) is 8.26. The Balaban J connectivity index is 1.30. The maximum atomic E-state index is 13.0. The molecule has 2 amide bonds. The van der Waals surface area contributed by atoms with E-state index in [-0.39, 0.29) is 47.5 Å². The van der Waals surface area contributed by atoms with Crippen LogP contribution in [0.4, 0.5) is 4.39 Å². The van der Waals surface area contributed by atoms with Gasteiger partial charge in [-0.2, -0.15) is 0 Å². The molecule has 9 heteroatoms. The van der Waals surface area contributed by atoms with Gasteiger partial charge in [-0.05, 0) is 36.5 Å². The van der Waals surface area contributed by atoms with Gasteiger partial charge >= 0.3 is 0 Å². The second-order valence-electron chi connectivity index (χ2n) is 8.26. The van der Waals surface area contributed by atoms with Crippen molar-refractivity contribution in [3.05, 3.63) is 70.7 Å². The van der Waals surface area contributed by atoms with Gasteiger partial charge in [0.2, 0.25) is 11.5 Å². The number of hydrogen-bond donors (Lipinski definition) is 1. The van der Waals surface area contributed by atoms with E-state index in [4.69, 9.17) is 9.05 Å². The highest BCUT2D eigenvalue weighted by Gasteiger charge is 2.29. The Kier molecular flexibility index (Phi) is 6.34. The first-order chi connectivity index (χ1) is 15.4. The van der Waals surface area contributed by atoms with E-state index in [1.54, 1.807) is 29.2 Å². The average molecular weight is 440 g/mol. The number of hydrogen-bond acceptors (Lipinski definition) is 6. The predicted molar refractivity (Wildman–Crippen MR) is 113 cm³/mol. The summed E-state index contributed by atoms with van der Waals surface area (Å²) >= 11 is 0. The predicted octanol–water partition coefficient (Wildman–Crippen LogP) is 3.87. The van der Waals surface area contributed by atoms with E-state index in [2.05, 4.69) is 15.6 Å². The average Bonchev–Trinajstić information content (AvgIpc) is 3.49. The Labute approximate surface area is 184 Å². The normalized spacial score (nSPS) is 14.7. The molecular formula is C23H25FN4O4. The number of likely N-dealkylation sites (tertiary alicyclic amines) is 1. The van der Waals surface area contributed by atoms with Crippen LogP contribution in [-0.4, -0.2) is 40.1 Å². The standard InChI is InChI=1S/C23H25FN4O4/c1-14(2)18-11-21(32-26-18)23(30)28-9-7-16(8-10-28)19-12-20(31-27-19)22(29)25-13-15-3-5-17(24)6-4-15/h3-6,11-12,14,16H,7-10,13H2,1-2H3,(H,25,29). The quantitative estimate of drug-likeness (QED) is 0.624. The van der Waals surface area contributed by atoms with E-state index in [9.17, 15) is 14.0 Å². The van der Waals surface area contributed by atoms with E-state index in [1.165, 1.54) is 12.1 Å². The van der Waals surface area contributed by atoms with Gasteiger partial charge in [0.25, 0.3) is 11.8 Å². The van der Waals surface area contributed by atoms with Gasteiger partial charge in [0.05, 0.1) is 11.4 Å². The fourth-order valence-corrected chi connectivity index (χ4v) is 3.66. The number of rotatable bonds is 6. The fourth-order valence-electron chi connectivity index (χ4n) is 3.66. The van der Waals surface area contributed by atoms with Crippen LogP contribution in [0.3, 0.4) is 0 Å². The Bertz CT molecular complexity index is 1080. The number of amides is 2. The Hall–Kier alpha value is -3.49. The Morgan fingerprint density at radius 1 is 1.09 bits per heavy atom. The molecule has 1 fully saturated rings. The summed E-state index contributed by atoms with van der Waals surface area (Å²) in [5, 5.41) is 10.7. The van der Waals surface area contributed by atoms with E-state index in [0.29, 0.717) is 31.6 Å². The molecule has 0 bridgehead atoms. The van der Waals surface area contributed by atoms with Gasteiger partial charge in [-0.15, -0.1) is 0 Å². The monoisotopic (exact) mass is 440 g/mol. The highest BCUT2D eigenvalue weighted by Crippen LogP contribution is 2.28. The maximum Gasteiger partial charge on any atom is 0.292 e. The first kappa shape index (κ1) is 21.7. The van der Waals surface area contributed by atoms with Crippen molar-refractivity contribution in [2.75, 3.05) is 13.1 Å². The van der Waals surface area contributed by atoms with Crippen LogP contribution >= 0.6 is 0 Å². The van der Waals surface area contributed by atoms with E-state index in [0.717, 1.165) is 11.3 Å². The van der Waals surface area contributed by atoms with Crippen molar-refractivity contribution in [1.29, 1.82) is 0 Å². The van der Waals surface area contributed by atoms with Crippen LogP contribution < -0.4 is 5.32 Å². The molecule has 3 heterocycles. The number of halogens is 1. The summed E-state index contributed by atoms with van der Waals surface area (Å²) in [7, 11) is 0. The van der Waals surface area contributed by atoms with Crippen molar-refractivity contribution in [2.45, 2.75) is 45.1 Å². The van der Waals surface area contributed by atoms with Gasteiger partial charge in [-0.1, -0.05) is 36.3 Å². The van der Waals surface area contributed by atoms with Gasteiger partial charge in [-0.3, -0.25) is 9.59 Å². The minimum atomic E-state index is -0.382. The molecule has 0 spiro atoms. The van der Waals surface area contributed by atoms with Gasteiger partial charge < -0.3 is 19.3 Å². The summed E-state index contributed by atoms with van der Waals surface area (Å²) in [6.07, 6.45) is 1.42. The van der Waals surface area contributed by atoms with Gasteiger partial charge in [0, 0.05) is 37.7 Å². The highest BCUT2D eigenvalue weighted by atomic mass is 19.1. The number of nitrogens with one attached hydrogen (secondary N) is 1. The molecular weight excluding hydrogens is 415 g/mol. The third-order valence-electron chi connectivity index (χ3n) is 5.65. The fraction of sp³-hybridized carbons (Fsp3) is 0.391. The molecule has 1 N–H and O–H groups in total. The van der Waals surface area contributed by atoms with Gasteiger partial charge in [-0.25, -0.2) is 4.39 Å². The van der Waals surface area contributed by atoms with Crippen LogP contribution in [0.5, 0.6) is 0 Å². The lowest BCUT2D eigenvalue weighted by Crippen LogP contribution is -2.37. The molecule has 168 valence electrons. The van der Waals surface area contributed by atoms with Crippen LogP contribution in [0.1, 0.15) is 76.6 Å². The number of piperidine rings is 1. The van der Waals surface area contributed by atoms with Crippen molar-refractivity contribution in [2.24, 2.45) is 0 Å². The smallest absolute Gasteiger partial charge is 0.292 e. The van der Waals surface area contributed by atoms with Crippen molar-refractivity contribution in [3.63, 3.8) is 0 Å². The summed E-state index contributed by atoms with van der Waals surface area (Å²) in [6, 6.07) is 9.26. The molecule has 2 aromatic heterocycles. The maximum absolute atomic E-state index is 13.0. The van der Waals surface area contributed by atoms with E-state index >= 15 is 0 Å². The number of nitrogens with zero attached hydrogens (tertiary/aromatic N) is 3. The van der Waals surface area contributed by atoms with Crippen LogP contribution in [0.2, 0.25) is 0 Å². The largest absolute Gasteiger partial charge is 0.351 e. The number of aromatic nitrogens is 2. The zero-order chi connectivity index (χ0) is 22.7. The topological polar surface area (TPSA) is 101 Å². The molecule has 0 radical (unpaired) electrons. The van der Waals surface area contributed by atoms with E-state index in [1.807, 2.05) is 13.8 Å². The molecule has 0 saturated carbocycles. The number of carbonyl (C=O) groups excluding carboxylic acids is 2. The zero-order valence-electron chi connectivity index (χ0n) is 18.0. The van der Waals surface area contributed by atoms with Crippen LogP contribution in [-0.2, 0) is 6.54 Å². The molecule has 0 unspecified atom stereocenters. The van der Waals surface area contributed by atoms with Crippen molar-refractivity contribution in [1.82, 2.24) is 20.5 Å². The third kappa shape index (κ3) is 4.87. The van der Waals surface area contributed by atoms with Crippen LogP contribution in [0.25, 0.3) is 0 Å². The third-order valence-corrected chi connectivity index (χ3v) is 5.65. The minimum absolute atomic E-state index is 0.0994. The summed E-state index contributed by atoms with van der Waals surface area (Å²) < 4.78 is 23.4. The lowest BCUT2D eigenvalue weighted by molar-refractivity contribution is 0.0669. The summed E-state index contributed by atoms with van der Waals surface area (Å²) in [5.74, 6) is -0.190. The summed E-state index contributed by atoms with van der Waals surface area (Å²) in [5.41, 5.74) is 2.24. The SMILES string of the molecule is CC(C)c1cc(C(=O)N2CCC(c3cc(C(=O)NCc4ccc(F)cc4)on3)CC2)on1. The van der Waals surface area contributed by atoms with Crippen LogP contribution in [0.15, 0.2) is 45.4 Å². The first-order valence-electron chi connectivity index (χ1n) is 10.7. The molecule has 0 atom stereocenters. The van der Waals surface area contributed by atoms with Gasteiger partial charge in [0.1, 0.15) is 5.82 Å². The van der Waals surface area contributed by atoms with E-state index < -0.39 is 0 Å². The molecule has 0 aliphatic carbocycles. The second kappa shape index (κ2) is 9.33. The molecule has 3 aromatic rings. The Morgan fingerprint density at radius 3 is 2.44 bits per heavy atom. The molecule has 8 nitrogen and oxygen atoms in total. The lowest BCUT2D eigenvalue weighted by atomic mass is 9.93. The Morgan fingerprint density at radius 2 is 1.78 bits per heavy atom. The lowest BCUT2D eigenvalue weighted by Gasteiger charge is -2.30.